The summed E-state index contributed by atoms with van der Waals surface area (Å²) in [7, 11) is 0. The topological polar surface area (TPSA) is 64.3 Å². The molecule has 4 aliphatic rings. The van der Waals surface area contributed by atoms with Crippen molar-refractivity contribution in [3.8, 4) is 0 Å². The second-order valence-electron chi connectivity index (χ2n) is 8.41. The molecule has 4 nitrogen and oxygen atoms in total. The van der Waals surface area contributed by atoms with Crippen molar-refractivity contribution in [2.45, 2.75) is 82.9 Å². The average Bonchev–Trinajstić information content (AvgIpc) is 2.20. The molecule has 4 fully saturated rings. The number of carbonyl (C=O) groups excluding carboxylic acids is 1. The zero-order valence-electron chi connectivity index (χ0n) is 13.0. The van der Waals surface area contributed by atoms with Crippen LogP contribution in [0.5, 0.6) is 0 Å². The Balaban J connectivity index is 1.47. The molecule has 0 aromatic heterocycles. The standard InChI is InChI=1S/C16H28N2O2/c1-14(2,3)20-13(19)18-16-8-15(9-16,10-16)11-4-6-12(17)7-5-11/h11-12H,4-10,17H2,1-3H3,(H,18,19). The third kappa shape index (κ3) is 2.43. The molecule has 1 amide bonds. The van der Waals surface area contributed by atoms with Crippen LogP contribution >= 0.6 is 0 Å². The van der Waals surface area contributed by atoms with Gasteiger partial charge in [0.1, 0.15) is 5.60 Å². The van der Waals surface area contributed by atoms with Gasteiger partial charge in [-0.05, 0) is 77.0 Å². The molecule has 20 heavy (non-hydrogen) atoms. The molecule has 0 heterocycles. The molecule has 4 rings (SSSR count). The molecule has 3 N–H and O–H groups in total. The van der Waals surface area contributed by atoms with Crippen molar-refractivity contribution in [3.63, 3.8) is 0 Å². The summed E-state index contributed by atoms with van der Waals surface area (Å²) in [6, 6.07) is 0.424. The molecular weight excluding hydrogens is 252 g/mol. The van der Waals surface area contributed by atoms with E-state index < -0.39 is 5.60 Å². The highest BCUT2D eigenvalue weighted by Crippen LogP contribution is 2.72. The fourth-order valence-electron chi connectivity index (χ4n) is 4.68. The monoisotopic (exact) mass is 280 g/mol. The Morgan fingerprint density at radius 3 is 2.20 bits per heavy atom. The third-order valence-corrected chi connectivity index (χ3v) is 5.48. The predicted octanol–water partition coefficient (Wildman–Crippen LogP) is 2.95. The van der Waals surface area contributed by atoms with E-state index in [9.17, 15) is 4.79 Å². The van der Waals surface area contributed by atoms with Gasteiger partial charge >= 0.3 is 6.09 Å². The number of hydrogen-bond donors (Lipinski definition) is 2. The van der Waals surface area contributed by atoms with Crippen LogP contribution in [0.3, 0.4) is 0 Å². The van der Waals surface area contributed by atoms with E-state index in [1.807, 2.05) is 20.8 Å². The van der Waals surface area contributed by atoms with Gasteiger partial charge in [0.05, 0.1) is 0 Å². The SMILES string of the molecule is CC(C)(C)OC(=O)NC12CC(C3CCC(N)CC3)(C1)C2. The van der Waals surface area contributed by atoms with Crippen LogP contribution in [-0.4, -0.2) is 23.3 Å². The summed E-state index contributed by atoms with van der Waals surface area (Å²) in [5.41, 5.74) is 6.16. The normalized spacial score (nSPS) is 43.2. The summed E-state index contributed by atoms with van der Waals surface area (Å²) < 4.78 is 5.36. The lowest BCUT2D eigenvalue weighted by Gasteiger charge is -2.73. The van der Waals surface area contributed by atoms with Gasteiger partial charge in [0, 0.05) is 11.6 Å². The van der Waals surface area contributed by atoms with Crippen LogP contribution in [0.1, 0.15) is 65.7 Å². The highest BCUT2D eigenvalue weighted by atomic mass is 16.6. The van der Waals surface area contributed by atoms with Crippen molar-refractivity contribution < 1.29 is 9.53 Å². The molecule has 0 aromatic carbocycles. The van der Waals surface area contributed by atoms with E-state index in [4.69, 9.17) is 10.5 Å². The summed E-state index contributed by atoms with van der Waals surface area (Å²) in [4.78, 5) is 11.9. The van der Waals surface area contributed by atoms with E-state index in [2.05, 4.69) is 5.32 Å². The van der Waals surface area contributed by atoms with E-state index in [0.29, 0.717) is 11.5 Å². The fraction of sp³-hybridized carbons (Fsp3) is 0.938. The van der Waals surface area contributed by atoms with Crippen molar-refractivity contribution in [1.82, 2.24) is 5.32 Å². The number of hydrogen-bond acceptors (Lipinski definition) is 3. The van der Waals surface area contributed by atoms with Gasteiger partial charge in [-0.15, -0.1) is 0 Å². The fourth-order valence-corrected chi connectivity index (χ4v) is 4.68. The minimum atomic E-state index is -0.412. The minimum absolute atomic E-state index is 0.0574. The van der Waals surface area contributed by atoms with E-state index >= 15 is 0 Å². The van der Waals surface area contributed by atoms with Crippen LogP contribution in [0.4, 0.5) is 4.79 Å². The van der Waals surface area contributed by atoms with Gasteiger partial charge in [0.25, 0.3) is 0 Å². The molecule has 0 unspecified atom stereocenters. The molecule has 4 saturated carbocycles. The molecule has 0 aromatic rings. The molecule has 0 radical (unpaired) electrons. The molecule has 0 aliphatic heterocycles. The summed E-state index contributed by atoms with van der Waals surface area (Å²) in [5, 5.41) is 3.10. The highest BCUT2D eigenvalue weighted by Gasteiger charge is 2.70. The molecule has 4 heteroatoms. The lowest BCUT2D eigenvalue weighted by Crippen LogP contribution is -2.77. The van der Waals surface area contributed by atoms with Crippen molar-refractivity contribution >= 4 is 6.09 Å². The van der Waals surface area contributed by atoms with E-state index in [0.717, 1.165) is 25.2 Å². The number of ether oxygens (including phenoxy) is 1. The Morgan fingerprint density at radius 1 is 1.15 bits per heavy atom. The lowest BCUT2D eigenvalue weighted by atomic mass is 9.34. The lowest BCUT2D eigenvalue weighted by molar-refractivity contribution is -0.194. The van der Waals surface area contributed by atoms with Gasteiger partial charge in [0.2, 0.25) is 0 Å². The Bertz CT molecular complexity index is 385. The van der Waals surface area contributed by atoms with E-state index in [-0.39, 0.29) is 11.6 Å². The Hall–Kier alpha value is -0.770. The predicted molar refractivity (Wildman–Crippen MR) is 78.3 cm³/mol. The molecule has 0 atom stereocenters. The maximum absolute atomic E-state index is 11.9. The molecular formula is C16H28N2O2. The number of alkyl carbamates (subject to hydrolysis) is 1. The van der Waals surface area contributed by atoms with Gasteiger partial charge in [-0.1, -0.05) is 0 Å². The second-order valence-corrected chi connectivity index (χ2v) is 8.41. The second kappa shape index (κ2) is 4.36. The number of rotatable bonds is 2. The largest absolute Gasteiger partial charge is 0.444 e. The summed E-state index contributed by atoms with van der Waals surface area (Å²) in [5.74, 6) is 0.838. The van der Waals surface area contributed by atoms with Gasteiger partial charge in [-0.2, -0.15) is 0 Å². The minimum Gasteiger partial charge on any atom is -0.444 e. The zero-order valence-corrected chi connectivity index (χ0v) is 13.0. The smallest absolute Gasteiger partial charge is 0.408 e. The first-order chi connectivity index (χ1) is 9.22. The summed E-state index contributed by atoms with van der Waals surface area (Å²) >= 11 is 0. The van der Waals surface area contributed by atoms with Crippen molar-refractivity contribution in [1.29, 1.82) is 0 Å². The van der Waals surface area contributed by atoms with E-state index in [1.165, 1.54) is 25.7 Å². The quantitative estimate of drug-likeness (QED) is 0.817. The van der Waals surface area contributed by atoms with Crippen LogP contribution in [0.25, 0.3) is 0 Å². The average molecular weight is 280 g/mol. The Kier molecular flexibility index (Phi) is 3.09. The van der Waals surface area contributed by atoms with Crippen LogP contribution in [-0.2, 0) is 4.74 Å². The van der Waals surface area contributed by atoms with Gasteiger partial charge < -0.3 is 15.8 Å². The number of nitrogens with two attached hydrogens (primary N) is 1. The summed E-state index contributed by atoms with van der Waals surface area (Å²) in [6.07, 6.45) is 8.12. The first-order valence-corrected chi connectivity index (χ1v) is 7.99. The van der Waals surface area contributed by atoms with Crippen molar-refractivity contribution in [2.24, 2.45) is 17.1 Å². The van der Waals surface area contributed by atoms with Gasteiger partial charge in [0.15, 0.2) is 0 Å². The van der Waals surface area contributed by atoms with Crippen LogP contribution < -0.4 is 11.1 Å². The number of carbonyl (C=O) groups is 1. The van der Waals surface area contributed by atoms with Crippen LogP contribution in [0.2, 0.25) is 0 Å². The maximum Gasteiger partial charge on any atom is 0.408 e. The first kappa shape index (κ1) is 14.2. The Labute approximate surface area is 121 Å². The molecule has 4 aliphatic carbocycles. The first-order valence-electron chi connectivity index (χ1n) is 7.99. The number of amides is 1. The van der Waals surface area contributed by atoms with Crippen molar-refractivity contribution in [2.75, 3.05) is 0 Å². The Morgan fingerprint density at radius 2 is 1.70 bits per heavy atom. The van der Waals surface area contributed by atoms with Crippen LogP contribution in [0.15, 0.2) is 0 Å². The van der Waals surface area contributed by atoms with Crippen LogP contribution in [0, 0.1) is 11.3 Å². The molecule has 2 bridgehead atoms. The third-order valence-electron chi connectivity index (χ3n) is 5.48. The highest BCUT2D eigenvalue weighted by molar-refractivity contribution is 5.70. The summed E-state index contributed by atoms with van der Waals surface area (Å²) in [6.45, 7) is 5.71. The van der Waals surface area contributed by atoms with Gasteiger partial charge in [-0.3, -0.25) is 0 Å². The molecule has 114 valence electrons. The molecule has 0 saturated heterocycles. The zero-order chi connectivity index (χ0) is 14.6. The van der Waals surface area contributed by atoms with E-state index in [1.54, 1.807) is 0 Å². The molecule has 0 spiro atoms. The maximum atomic E-state index is 11.9. The number of nitrogens with one attached hydrogen (secondary N) is 1. The van der Waals surface area contributed by atoms with Gasteiger partial charge in [-0.25, -0.2) is 4.79 Å². The van der Waals surface area contributed by atoms with Crippen molar-refractivity contribution in [3.05, 3.63) is 0 Å².